The molecule has 1 aromatic carbocycles. The summed E-state index contributed by atoms with van der Waals surface area (Å²) in [6, 6.07) is 4.49. The van der Waals surface area contributed by atoms with E-state index in [0.29, 0.717) is 11.6 Å². The summed E-state index contributed by atoms with van der Waals surface area (Å²) in [5.74, 6) is 0.462. The van der Waals surface area contributed by atoms with Crippen LogP contribution in [0.15, 0.2) is 18.2 Å². The van der Waals surface area contributed by atoms with Crippen LogP contribution in [0.5, 0.6) is 5.75 Å². The van der Waals surface area contributed by atoms with Gasteiger partial charge >= 0.3 is 0 Å². The molecular formula is C14H18ClNO2. The molecule has 2 rings (SSSR count). The highest BCUT2D eigenvalue weighted by atomic mass is 35.5. The maximum absolute atomic E-state index is 11.9. The minimum atomic E-state index is -0.256. The van der Waals surface area contributed by atoms with Gasteiger partial charge in [0.1, 0.15) is 5.75 Å². The first-order chi connectivity index (χ1) is 8.66. The van der Waals surface area contributed by atoms with Crippen molar-refractivity contribution in [1.82, 2.24) is 5.32 Å². The zero-order chi connectivity index (χ0) is 13.0. The first-order valence-corrected chi connectivity index (χ1v) is 6.81. The molecule has 1 aliphatic rings. The van der Waals surface area contributed by atoms with Crippen molar-refractivity contribution < 1.29 is 9.90 Å². The zero-order valence-electron chi connectivity index (χ0n) is 10.3. The van der Waals surface area contributed by atoms with Crippen molar-refractivity contribution in [1.29, 1.82) is 0 Å². The molecule has 1 fully saturated rings. The van der Waals surface area contributed by atoms with Crippen LogP contribution < -0.4 is 5.32 Å². The van der Waals surface area contributed by atoms with Crippen LogP contribution in [0.2, 0.25) is 5.02 Å². The van der Waals surface area contributed by atoms with Crippen LogP contribution in [0, 0.1) is 5.92 Å². The van der Waals surface area contributed by atoms with E-state index in [-0.39, 0.29) is 17.2 Å². The Hall–Kier alpha value is -1.22. The standard InChI is InChI=1S/C14H18ClNO2/c15-11-5-6-13(17)12(9-11)14(18)16-8-7-10-3-1-2-4-10/h5-6,9-10,17H,1-4,7-8H2,(H,16,18). The van der Waals surface area contributed by atoms with Crippen molar-refractivity contribution in [3.63, 3.8) is 0 Å². The fourth-order valence-electron chi connectivity index (χ4n) is 2.47. The van der Waals surface area contributed by atoms with E-state index in [1.54, 1.807) is 6.07 Å². The second-order valence-corrected chi connectivity index (χ2v) is 5.29. The summed E-state index contributed by atoms with van der Waals surface area (Å²) in [5, 5.41) is 12.9. The van der Waals surface area contributed by atoms with Gasteiger partial charge in [0.25, 0.3) is 5.91 Å². The van der Waals surface area contributed by atoms with Crippen LogP contribution in [0.3, 0.4) is 0 Å². The van der Waals surface area contributed by atoms with E-state index in [0.717, 1.165) is 12.3 Å². The topological polar surface area (TPSA) is 49.3 Å². The van der Waals surface area contributed by atoms with E-state index in [2.05, 4.69) is 5.32 Å². The summed E-state index contributed by atoms with van der Waals surface area (Å²) in [7, 11) is 0. The van der Waals surface area contributed by atoms with Gasteiger partial charge in [-0.1, -0.05) is 37.3 Å². The Morgan fingerprint density at radius 3 is 2.83 bits per heavy atom. The number of amides is 1. The maximum Gasteiger partial charge on any atom is 0.255 e. The molecule has 0 unspecified atom stereocenters. The summed E-state index contributed by atoms with van der Waals surface area (Å²) in [4.78, 5) is 11.9. The lowest BCUT2D eigenvalue weighted by Gasteiger charge is -2.10. The van der Waals surface area contributed by atoms with E-state index in [4.69, 9.17) is 11.6 Å². The third-order valence-electron chi connectivity index (χ3n) is 3.52. The molecule has 2 N–H and O–H groups in total. The van der Waals surface area contributed by atoms with Crippen LogP contribution in [0.1, 0.15) is 42.5 Å². The van der Waals surface area contributed by atoms with Crippen molar-refractivity contribution in [2.24, 2.45) is 5.92 Å². The van der Waals surface area contributed by atoms with Crippen molar-refractivity contribution >= 4 is 17.5 Å². The molecule has 18 heavy (non-hydrogen) atoms. The van der Waals surface area contributed by atoms with Crippen LogP contribution in [0.4, 0.5) is 0 Å². The van der Waals surface area contributed by atoms with Crippen molar-refractivity contribution in [2.45, 2.75) is 32.1 Å². The molecule has 1 aromatic rings. The molecular weight excluding hydrogens is 250 g/mol. The number of halogens is 1. The number of nitrogens with one attached hydrogen (secondary N) is 1. The van der Waals surface area contributed by atoms with Crippen LogP contribution in [0.25, 0.3) is 0 Å². The molecule has 4 heteroatoms. The molecule has 3 nitrogen and oxygen atoms in total. The molecule has 0 radical (unpaired) electrons. The van der Waals surface area contributed by atoms with Crippen molar-refractivity contribution in [3.8, 4) is 5.75 Å². The predicted molar refractivity (Wildman–Crippen MR) is 72.0 cm³/mol. The second kappa shape index (κ2) is 6.10. The lowest BCUT2D eigenvalue weighted by atomic mass is 10.0. The van der Waals surface area contributed by atoms with E-state index in [9.17, 15) is 9.90 Å². The fourth-order valence-corrected chi connectivity index (χ4v) is 2.65. The van der Waals surface area contributed by atoms with Gasteiger partial charge in [0, 0.05) is 11.6 Å². The van der Waals surface area contributed by atoms with Gasteiger partial charge in [-0.25, -0.2) is 0 Å². The summed E-state index contributed by atoms with van der Waals surface area (Å²) in [6.07, 6.45) is 6.20. The van der Waals surface area contributed by atoms with Gasteiger partial charge in [-0.15, -0.1) is 0 Å². The number of hydrogen-bond donors (Lipinski definition) is 2. The quantitative estimate of drug-likeness (QED) is 0.879. The van der Waals surface area contributed by atoms with E-state index >= 15 is 0 Å². The number of phenolic OH excluding ortho intramolecular Hbond substituents is 1. The second-order valence-electron chi connectivity index (χ2n) is 4.86. The van der Waals surface area contributed by atoms with Gasteiger partial charge in [-0.3, -0.25) is 4.79 Å². The first-order valence-electron chi connectivity index (χ1n) is 6.43. The smallest absolute Gasteiger partial charge is 0.255 e. The summed E-state index contributed by atoms with van der Waals surface area (Å²) in [6.45, 7) is 0.662. The molecule has 0 bridgehead atoms. The van der Waals surface area contributed by atoms with Crippen LogP contribution in [-0.4, -0.2) is 17.6 Å². The van der Waals surface area contributed by atoms with Crippen molar-refractivity contribution in [3.05, 3.63) is 28.8 Å². The maximum atomic E-state index is 11.9. The van der Waals surface area contributed by atoms with Gasteiger partial charge in [-0.05, 0) is 30.5 Å². The zero-order valence-corrected chi connectivity index (χ0v) is 11.0. The number of carbonyl (C=O) groups excluding carboxylic acids is 1. The highest BCUT2D eigenvalue weighted by Crippen LogP contribution is 2.27. The van der Waals surface area contributed by atoms with Gasteiger partial charge in [-0.2, -0.15) is 0 Å². The van der Waals surface area contributed by atoms with Crippen LogP contribution >= 0.6 is 11.6 Å². The molecule has 1 amide bonds. The Bertz CT molecular complexity index is 428. The Kier molecular flexibility index (Phi) is 4.48. The predicted octanol–water partition coefficient (Wildman–Crippen LogP) is 3.36. The first kappa shape index (κ1) is 13.2. The number of rotatable bonds is 4. The fraction of sp³-hybridized carbons (Fsp3) is 0.500. The molecule has 1 saturated carbocycles. The molecule has 1 aliphatic carbocycles. The molecule has 0 saturated heterocycles. The minimum absolute atomic E-state index is 0.0298. The Morgan fingerprint density at radius 1 is 1.39 bits per heavy atom. The number of benzene rings is 1. The molecule has 0 atom stereocenters. The highest BCUT2D eigenvalue weighted by molar-refractivity contribution is 6.31. The molecule has 0 spiro atoms. The molecule has 0 aliphatic heterocycles. The largest absolute Gasteiger partial charge is 0.507 e. The van der Waals surface area contributed by atoms with Crippen LogP contribution in [-0.2, 0) is 0 Å². The number of aromatic hydroxyl groups is 1. The lowest BCUT2D eigenvalue weighted by molar-refractivity contribution is 0.0949. The molecule has 0 aromatic heterocycles. The Morgan fingerprint density at radius 2 is 2.11 bits per heavy atom. The van der Waals surface area contributed by atoms with E-state index < -0.39 is 0 Å². The normalized spacial score (nSPS) is 15.8. The number of hydrogen-bond acceptors (Lipinski definition) is 2. The van der Waals surface area contributed by atoms with Gasteiger partial charge in [0.05, 0.1) is 5.56 Å². The summed E-state index contributed by atoms with van der Waals surface area (Å²) in [5.41, 5.74) is 0.244. The molecule has 98 valence electrons. The van der Waals surface area contributed by atoms with E-state index in [1.807, 2.05) is 0 Å². The number of carbonyl (C=O) groups is 1. The highest BCUT2D eigenvalue weighted by Gasteiger charge is 2.16. The summed E-state index contributed by atoms with van der Waals surface area (Å²) < 4.78 is 0. The third-order valence-corrected chi connectivity index (χ3v) is 3.75. The molecule has 0 heterocycles. The average molecular weight is 268 g/mol. The average Bonchev–Trinajstić information content (AvgIpc) is 2.85. The van der Waals surface area contributed by atoms with Gasteiger partial charge in [0.15, 0.2) is 0 Å². The van der Waals surface area contributed by atoms with Crippen molar-refractivity contribution in [2.75, 3.05) is 6.54 Å². The lowest BCUT2D eigenvalue weighted by Crippen LogP contribution is -2.25. The summed E-state index contributed by atoms with van der Waals surface area (Å²) >= 11 is 5.81. The van der Waals surface area contributed by atoms with Gasteiger partial charge in [0.2, 0.25) is 0 Å². The number of phenols is 1. The van der Waals surface area contributed by atoms with E-state index in [1.165, 1.54) is 37.8 Å². The van der Waals surface area contributed by atoms with Gasteiger partial charge < -0.3 is 10.4 Å². The minimum Gasteiger partial charge on any atom is -0.507 e. The third kappa shape index (κ3) is 3.39. The monoisotopic (exact) mass is 267 g/mol. The SMILES string of the molecule is O=C(NCCC1CCCC1)c1cc(Cl)ccc1O. The Balaban J connectivity index is 1.85. The Labute approximate surface area is 112 Å².